The van der Waals surface area contributed by atoms with E-state index in [1.165, 1.54) is 12.3 Å². The van der Waals surface area contributed by atoms with Gasteiger partial charge in [0.15, 0.2) is 0 Å². The van der Waals surface area contributed by atoms with Gasteiger partial charge in [0.25, 0.3) is 11.8 Å². The summed E-state index contributed by atoms with van der Waals surface area (Å²) >= 11 is 3.40. The van der Waals surface area contributed by atoms with Gasteiger partial charge in [-0.3, -0.25) is 19.8 Å². The molecule has 2 aromatic heterocycles. The molecular weight excluding hydrogens is 426 g/mol. The fourth-order valence-corrected chi connectivity index (χ4v) is 3.16. The van der Waals surface area contributed by atoms with Gasteiger partial charge in [-0.25, -0.2) is 4.79 Å². The number of imide groups is 2. The number of nitrogens with one attached hydrogen (secondary N) is 1. The van der Waals surface area contributed by atoms with Gasteiger partial charge in [-0.1, -0.05) is 15.9 Å². The van der Waals surface area contributed by atoms with Crippen molar-refractivity contribution >= 4 is 39.9 Å². The lowest BCUT2D eigenvalue weighted by atomic mass is 10.1. The Labute approximate surface area is 168 Å². The molecule has 1 saturated heterocycles. The zero-order chi connectivity index (χ0) is 19.7. The number of nitrogens with zero attached hydrogens (tertiary/aromatic N) is 2. The summed E-state index contributed by atoms with van der Waals surface area (Å²) in [6.07, 6.45) is 4.75. The Morgan fingerprint density at radius 3 is 2.54 bits per heavy atom. The summed E-state index contributed by atoms with van der Waals surface area (Å²) in [5.41, 5.74) is 1.38. The van der Waals surface area contributed by atoms with Gasteiger partial charge in [-0.2, -0.15) is 0 Å². The maximum absolute atomic E-state index is 12.8. The first-order valence-electron chi connectivity index (χ1n) is 8.37. The number of barbiturate groups is 1. The summed E-state index contributed by atoms with van der Waals surface area (Å²) in [7, 11) is 0. The molecule has 1 aromatic carbocycles. The lowest BCUT2D eigenvalue weighted by Crippen LogP contribution is -2.53. The number of furan rings is 1. The van der Waals surface area contributed by atoms with Crippen molar-refractivity contribution in [3.05, 3.63) is 82.5 Å². The van der Waals surface area contributed by atoms with E-state index in [0.717, 1.165) is 15.1 Å². The van der Waals surface area contributed by atoms with E-state index in [9.17, 15) is 14.4 Å². The third-order valence-electron chi connectivity index (χ3n) is 4.26. The zero-order valence-electron chi connectivity index (χ0n) is 14.5. The largest absolute Gasteiger partial charge is 0.467 e. The molecule has 0 saturated carbocycles. The Hall–Kier alpha value is -3.39. The molecule has 0 radical (unpaired) electrons. The molecule has 4 rings (SSSR count). The van der Waals surface area contributed by atoms with Gasteiger partial charge in [-0.05, 0) is 54.6 Å². The van der Waals surface area contributed by atoms with Gasteiger partial charge in [0.1, 0.15) is 11.3 Å². The average molecular weight is 440 g/mol. The van der Waals surface area contributed by atoms with Crippen LogP contribution in [-0.2, 0) is 16.1 Å². The Kier molecular flexibility index (Phi) is 4.70. The zero-order valence-corrected chi connectivity index (χ0v) is 16.0. The molecule has 28 heavy (non-hydrogen) atoms. The number of urea groups is 1. The monoisotopic (exact) mass is 439 g/mol. The third kappa shape index (κ3) is 3.41. The van der Waals surface area contributed by atoms with Crippen LogP contribution >= 0.6 is 15.9 Å². The van der Waals surface area contributed by atoms with E-state index in [-0.39, 0.29) is 12.1 Å². The number of benzene rings is 1. The van der Waals surface area contributed by atoms with E-state index in [4.69, 9.17) is 4.42 Å². The fraction of sp³-hybridized carbons (Fsp3) is 0.0500. The number of amides is 4. The molecule has 8 heteroatoms. The molecule has 140 valence electrons. The van der Waals surface area contributed by atoms with Gasteiger partial charge >= 0.3 is 6.03 Å². The van der Waals surface area contributed by atoms with Crippen LogP contribution < -0.4 is 5.32 Å². The summed E-state index contributed by atoms with van der Waals surface area (Å²) < 4.78 is 7.98. The quantitative estimate of drug-likeness (QED) is 0.497. The van der Waals surface area contributed by atoms with E-state index in [2.05, 4.69) is 21.2 Å². The molecule has 4 amide bonds. The third-order valence-corrected chi connectivity index (χ3v) is 4.79. The molecule has 0 spiro atoms. The smallest absolute Gasteiger partial charge is 0.331 e. The van der Waals surface area contributed by atoms with E-state index < -0.39 is 17.8 Å². The maximum Gasteiger partial charge on any atom is 0.331 e. The standard InChI is InChI=1S/C20H14BrN3O4/c21-13-5-7-14(8-6-13)23-9-1-3-15(23)11-17-18(25)22-20(27)24(19(17)26)12-16-4-2-10-28-16/h1-11H,12H2,(H,22,25,27)/b17-11+. The predicted octanol–water partition coefficient (Wildman–Crippen LogP) is 3.49. The minimum atomic E-state index is -0.771. The number of hydrogen-bond donors (Lipinski definition) is 1. The topological polar surface area (TPSA) is 84.6 Å². The van der Waals surface area contributed by atoms with Gasteiger partial charge in [0.05, 0.1) is 12.8 Å². The van der Waals surface area contributed by atoms with Gasteiger partial charge < -0.3 is 8.98 Å². The number of aromatic nitrogens is 1. The first-order valence-corrected chi connectivity index (χ1v) is 9.17. The van der Waals surface area contributed by atoms with E-state index in [1.807, 2.05) is 41.1 Å². The normalized spacial score (nSPS) is 16.0. The van der Waals surface area contributed by atoms with Crippen LogP contribution in [0.15, 0.2) is 75.5 Å². The number of carbonyl (C=O) groups is 3. The first kappa shape index (κ1) is 18.0. The number of rotatable bonds is 4. The summed E-state index contributed by atoms with van der Waals surface area (Å²) in [5, 5.41) is 2.20. The average Bonchev–Trinajstić information content (AvgIpc) is 3.35. The van der Waals surface area contributed by atoms with Crippen LogP contribution in [0.1, 0.15) is 11.5 Å². The Bertz CT molecular complexity index is 1080. The molecule has 3 heterocycles. The lowest BCUT2D eigenvalue weighted by Gasteiger charge is -2.25. The van der Waals surface area contributed by atoms with Crippen molar-refractivity contribution < 1.29 is 18.8 Å². The van der Waals surface area contributed by atoms with E-state index in [0.29, 0.717) is 11.5 Å². The summed E-state index contributed by atoms with van der Waals surface area (Å²) in [5.74, 6) is -0.960. The summed E-state index contributed by atoms with van der Waals surface area (Å²) in [6.45, 7) is -0.0595. The maximum atomic E-state index is 12.8. The Morgan fingerprint density at radius 1 is 1.04 bits per heavy atom. The van der Waals surface area contributed by atoms with Crippen LogP contribution in [0.3, 0.4) is 0 Å². The first-order chi connectivity index (χ1) is 13.5. The van der Waals surface area contributed by atoms with Crippen molar-refractivity contribution in [2.75, 3.05) is 0 Å². The van der Waals surface area contributed by atoms with Crippen molar-refractivity contribution in [3.8, 4) is 5.69 Å². The van der Waals surface area contributed by atoms with Crippen LogP contribution in [-0.4, -0.2) is 27.3 Å². The highest BCUT2D eigenvalue weighted by Gasteiger charge is 2.36. The molecule has 0 unspecified atom stereocenters. The molecular formula is C20H14BrN3O4. The molecule has 1 N–H and O–H groups in total. The second-order valence-electron chi connectivity index (χ2n) is 6.07. The highest BCUT2D eigenvalue weighted by Crippen LogP contribution is 2.21. The van der Waals surface area contributed by atoms with Gasteiger partial charge in [0, 0.05) is 22.1 Å². The lowest BCUT2D eigenvalue weighted by molar-refractivity contribution is -0.130. The van der Waals surface area contributed by atoms with E-state index in [1.54, 1.807) is 18.2 Å². The molecule has 3 aromatic rings. The Morgan fingerprint density at radius 2 is 1.82 bits per heavy atom. The van der Waals surface area contributed by atoms with Crippen molar-refractivity contribution in [1.29, 1.82) is 0 Å². The van der Waals surface area contributed by atoms with Crippen molar-refractivity contribution in [3.63, 3.8) is 0 Å². The van der Waals surface area contributed by atoms with Gasteiger partial charge in [0.2, 0.25) is 0 Å². The molecule has 0 aliphatic carbocycles. The Balaban J connectivity index is 1.68. The van der Waals surface area contributed by atoms with Crippen LogP contribution in [0.25, 0.3) is 11.8 Å². The van der Waals surface area contributed by atoms with Crippen LogP contribution in [0, 0.1) is 0 Å². The van der Waals surface area contributed by atoms with Crippen LogP contribution in [0.2, 0.25) is 0 Å². The van der Waals surface area contributed by atoms with E-state index >= 15 is 0 Å². The number of carbonyl (C=O) groups excluding carboxylic acids is 3. The second-order valence-corrected chi connectivity index (χ2v) is 6.98. The number of halogens is 1. The van der Waals surface area contributed by atoms with Crippen LogP contribution in [0.4, 0.5) is 4.79 Å². The van der Waals surface area contributed by atoms with Crippen molar-refractivity contribution in [1.82, 2.24) is 14.8 Å². The van der Waals surface area contributed by atoms with Gasteiger partial charge in [-0.15, -0.1) is 0 Å². The molecule has 1 fully saturated rings. The highest BCUT2D eigenvalue weighted by molar-refractivity contribution is 9.10. The molecule has 0 bridgehead atoms. The molecule has 7 nitrogen and oxygen atoms in total. The molecule has 1 aliphatic heterocycles. The minimum absolute atomic E-state index is 0.0595. The summed E-state index contributed by atoms with van der Waals surface area (Å²) in [4.78, 5) is 38.2. The molecule has 1 aliphatic rings. The molecule has 0 atom stereocenters. The van der Waals surface area contributed by atoms with Crippen molar-refractivity contribution in [2.45, 2.75) is 6.54 Å². The fourth-order valence-electron chi connectivity index (χ4n) is 2.89. The predicted molar refractivity (Wildman–Crippen MR) is 104 cm³/mol. The van der Waals surface area contributed by atoms with Crippen LogP contribution in [0.5, 0.6) is 0 Å². The summed E-state index contributed by atoms with van der Waals surface area (Å²) in [6, 6.07) is 13.7. The number of hydrogen-bond acceptors (Lipinski definition) is 4. The minimum Gasteiger partial charge on any atom is -0.467 e. The highest BCUT2D eigenvalue weighted by atomic mass is 79.9. The second kappa shape index (κ2) is 7.32. The SMILES string of the molecule is O=C1NC(=O)N(Cc2ccco2)C(=O)/C1=C/c1cccn1-c1ccc(Br)cc1. The van der Waals surface area contributed by atoms with Crippen molar-refractivity contribution in [2.24, 2.45) is 0 Å².